The minimum absolute atomic E-state index is 0.341. The summed E-state index contributed by atoms with van der Waals surface area (Å²) in [5.74, 6) is -2.78. The summed E-state index contributed by atoms with van der Waals surface area (Å²) >= 11 is 0. The lowest BCUT2D eigenvalue weighted by molar-refractivity contribution is -0.350. The van der Waals surface area contributed by atoms with Crippen molar-refractivity contribution in [3.63, 3.8) is 0 Å². The molecule has 0 aromatic carbocycles. The Morgan fingerprint density at radius 3 is 1.36 bits per heavy atom. The fourth-order valence-electron chi connectivity index (χ4n) is 2.51. The number of nitrogens with two attached hydrogens (primary N) is 1. The molecule has 8 nitrogen and oxygen atoms in total. The molecule has 0 aliphatic rings. The third-order valence-electron chi connectivity index (χ3n) is 4.28. The highest BCUT2D eigenvalue weighted by Crippen LogP contribution is 2.25. The SMILES string of the molecule is CCCCCCCCCCCCC(N)(CC)C(O)(O)O.O=S(=O)(O)O. The second-order valence-electron chi connectivity index (χ2n) is 6.52. The minimum Gasteiger partial charge on any atom is -0.342 e. The van der Waals surface area contributed by atoms with Gasteiger partial charge in [0.05, 0.1) is 5.54 Å². The predicted octanol–water partition coefficient (Wildman–Crippen LogP) is 2.38. The van der Waals surface area contributed by atoms with Crippen LogP contribution in [0, 0.1) is 0 Å². The molecule has 1 unspecified atom stereocenters. The van der Waals surface area contributed by atoms with Gasteiger partial charge in [-0.1, -0.05) is 78.1 Å². The molecule has 0 aromatic rings. The lowest BCUT2D eigenvalue weighted by Crippen LogP contribution is -2.60. The Balaban J connectivity index is 0. The Labute approximate surface area is 152 Å². The van der Waals surface area contributed by atoms with E-state index in [1.165, 1.54) is 44.9 Å². The Morgan fingerprint density at radius 1 is 0.760 bits per heavy atom. The van der Waals surface area contributed by atoms with Gasteiger partial charge in [-0.15, -0.1) is 0 Å². The molecule has 7 N–H and O–H groups in total. The maximum absolute atomic E-state index is 9.27. The first-order valence-electron chi connectivity index (χ1n) is 9.03. The molecular weight excluding hydrogens is 350 g/mol. The summed E-state index contributed by atoms with van der Waals surface area (Å²) in [6.07, 6.45) is 13.0. The van der Waals surface area contributed by atoms with Gasteiger partial charge in [0.1, 0.15) is 0 Å². The van der Waals surface area contributed by atoms with Gasteiger partial charge in [0.25, 0.3) is 5.97 Å². The van der Waals surface area contributed by atoms with Crippen LogP contribution in [0.15, 0.2) is 0 Å². The zero-order chi connectivity index (χ0) is 20.0. The van der Waals surface area contributed by atoms with Gasteiger partial charge in [0.15, 0.2) is 0 Å². The molecule has 0 aliphatic carbocycles. The number of hydrogen-bond donors (Lipinski definition) is 6. The largest absolute Gasteiger partial charge is 0.394 e. The van der Waals surface area contributed by atoms with Crippen LogP contribution in [-0.4, -0.2) is 44.4 Å². The number of hydrogen-bond acceptors (Lipinski definition) is 6. The Hall–Kier alpha value is -0.290. The summed E-state index contributed by atoms with van der Waals surface area (Å²) in [7, 11) is -4.67. The molecule has 0 radical (unpaired) electrons. The average molecular weight is 388 g/mol. The van der Waals surface area contributed by atoms with Gasteiger partial charge < -0.3 is 21.1 Å². The third kappa shape index (κ3) is 18.3. The van der Waals surface area contributed by atoms with E-state index in [0.29, 0.717) is 12.8 Å². The highest BCUT2D eigenvalue weighted by molar-refractivity contribution is 7.79. The van der Waals surface area contributed by atoms with E-state index in [0.717, 1.165) is 19.3 Å². The molecule has 0 spiro atoms. The van der Waals surface area contributed by atoms with Crippen LogP contribution in [0.3, 0.4) is 0 Å². The van der Waals surface area contributed by atoms with Crippen LogP contribution in [0.2, 0.25) is 0 Å². The van der Waals surface area contributed by atoms with Gasteiger partial charge >= 0.3 is 10.4 Å². The minimum atomic E-state index is -4.67. The molecule has 9 heteroatoms. The second kappa shape index (κ2) is 13.9. The van der Waals surface area contributed by atoms with Crippen molar-refractivity contribution in [3.8, 4) is 0 Å². The van der Waals surface area contributed by atoms with Crippen molar-refractivity contribution in [1.82, 2.24) is 0 Å². The van der Waals surface area contributed by atoms with Crippen molar-refractivity contribution in [2.75, 3.05) is 0 Å². The van der Waals surface area contributed by atoms with E-state index >= 15 is 0 Å². The smallest absolute Gasteiger partial charge is 0.342 e. The van der Waals surface area contributed by atoms with Crippen LogP contribution in [0.5, 0.6) is 0 Å². The molecule has 25 heavy (non-hydrogen) atoms. The van der Waals surface area contributed by atoms with E-state index in [1.807, 2.05) is 0 Å². The van der Waals surface area contributed by atoms with Crippen LogP contribution < -0.4 is 5.73 Å². The van der Waals surface area contributed by atoms with Gasteiger partial charge in [-0.2, -0.15) is 8.42 Å². The van der Waals surface area contributed by atoms with Gasteiger partial charge in [-0.3, -0.25) is 9.11 Å². The zero-order valence-corrected chi connectivity index (χ0v) is 16.3. The van der Waals surface area contributed by atoms with Gasteiger partial charge in [0.2, 0.25) is 0 Å². The van der Waals surface area contributed by atoms with Crippen molar-refractivity contribution in [2.45, 2.75) is 102 Å². The summed E-state index contributed by atoms with van der Waals surface area (Å²) in [4.78, 5) is 0. The van der Waals surface area contributed by atoms with Gasteiger partial charge in [0, 0.05) is 0 Å². The normalized spacial score (nSPS) is 14.6. The second-order valence-corrected chi connectivity index (χ2v) is 7.42. The lowest BCUT2D eigenvalue weighted by Gasteiger charge is -2.35. The molecule has 0 fully saturated rings. The van der Waals surface area contributed by atoms with Crippen molar-refractivity contribution >= 4 is 10.4 Å². The van der Waals surface area contributed by atoms with Gasteiger partial charge in [-0.05, 0) is 12.8 Å². The monoisotopic (exact) mass is 387 g/mol. The molecule has 0 rings (SSSR count). The summed E-state index contributed by atoms with van der Waals surface area (Å²) in [5.41, 5.74) is 4.52. The van der Waals surface area contributed by atoms with E-state index in [9.17, 15) is 15.3 Å². The van der Waals surface area contributed by atoms with Crippen molar-refractivity contribution in [3.05, 3.63) is 0 Å². The van der Waals surface area contributed by atoms with Crippen LogP contribution in [0.1, 0.15) is 90.9 Å². The molecule has 0 aromatic heterocycles. The molecule has 0 saturated heterocycles. The van der Waals surface area contributed by atoms with E-state index in [1.54, 1.807) is 6.92 Å². The molecule has 1 atom stereocenters. The first kappa shape index (κ1) is 26.9. The standard InChI is InChI=1S/C16H35NO3.H2O4S/c1-3-5-6-7-8-9-10-11-12-13-14-15(17,4-2)16(18,19)20;1-5(2,3)4/h18-20H,3-14,17H2,1-2H3;(H2,1,2,3,4). The van der Waals surface area contributed by atoms with Crippen LogP contribution in [0.25, 0.3) is 0 Å². The Bertz CT molecular complexity index is 401. The van der Waals surface area contributed by atoms with Crippen LogP contribution >= 0.6 is 0 Å². The first-order chi connectivity index (χ1) is 11.4. The lowest BCUT2D eigenvalue weighted by atomic mass is 9.87. The fourth-order valence-corrected chi connectivity index (χ4v) is 2.51. The molecule has 0 aliphatic heterocycles. The summed E-state index contributed by atoms with van der Waals surface area (Å²) in [5, 5.41) is 27.8. The first-order valence-corrected chi connectivity index (χ1v) is 10.4. The Morgan fingerprint density at radius 2 is 1.08 bits per heavy atom. The summed E-state index contributed by atoms with van der Waals surface area (Å²) < 4.78 is 31.6. The third-order valence-corrected chi connectivity index (χ3v) is 4.28. The van der Waals surface area contributed by atoms with E-state index < -0.39 is 21.9 Å². The molecule has 154 valence electrons. The summed E-state index contributed by atoms with van der Waals surface area (Å²) in [6.45, 7) is 3.99. The van der Waals surface area contributed by atoms with Crippen molar-refractivity contribution in [2.24, 2.45) is 5.73 Å². The number of unbranched alkanes of at least 4 members (excludes halogenated alkanes) is 9. The average Bonchev–Trinajstić information content (AvgIpc) is 2.46. The van der Waals surface area contributed by atoms with Crippen LogP contribution in [-0.2, 0) is 10.4 Å². The number of rotatable bonds is 13. The highest BCUT2D eigenvalue weighted by Gasteiger charge is 2.43. The van der Waals surface area contributed by atoms with Gasteiger partial charge in [-0.25, -0.2) is 0 Å². The Kier molecular flexibility index (Phi) is 14.9. The molecular formula is C16H37NO7S. The van der Waals surface area contributed by atoms with E-state index in [-0.39, 0.29) is 0 Å². The molecule has 0 heterocycles. The topological polar surface area (TPSA) is 161 Å². The number of aliphatic hydroxyl groups is 3. The van der Waals surface area contributed by atoms with E-state index in [4.69, 9.17) is 23.3 Å². The highest BCUT2D eigenvalue weighted by atomic mass is 32.3. The van der Waals surface area contributed by atoms with Crippen LogP contribution in [0.4, 0.5) is 0 Å². The summed E-state index contributed by atoms with van der Waals surface area (Å²) in [6, 6.07) is 0. The maximum atomic E-state index is 9.27. The quantitative estimate of drug-likeness (QED) is 0.159. The molecule has 0 amide bonds. The predicted molar refractivity (Wildman–Crippen MR) is 97.2 cm³/mol. The van der Waals surface area contributed by atoms with Crippen molar-refractivity contribution < 1.29 is 32.8 Å². The molecule has 0 bridgehead atoms. The molecule has 0 saturated carbocycles. The maximum Gasteiger partial charge on any atom is 0.394 e. The van der Waals surface area contributed by atoms with E-state index in [2.05, 4.69) is 6.92 Å². The van der Waals surface area contributed by atoms with Crippen molar-refractivity contribution in [1.29, 1.82) is 0 Å². The fraction of sp³-hybridized carbons (Fsp3) is 1.00. The zero-order valence-electron chi connectivity index (χ0n) is 15.5.